The highest BCUT2D eigenvalue weighted by Gasteiger charge is 2.23. The molecule has 96 valence electrons. The number of rotatable bonds is 4. The van der Waals surface area contributed by atoms with E-state index < -0.39 is 6.43 Å². The summed E-state index contributed by atoms with van der Waals surface area (Å²) >= 11 is 0. The predicted molar refractivity (Wildman–Crippen MR) is 68.6 cm³/mol. The van der Waals surface area contributed by atoms with Gasteiger partial charge in [-0.2, -0.15) is 0 Å². The monoisotopic (exact) mass is 242 g/mol. The van der Waals surface area contributed by atoms with Crippen molar-refractivity contribution < 1.29 is 8.78 Å². The molecule has 1 aromatic rings. The van der Waals surface area contributed by atoms with Crippen LogP contribution in [0.25, 0.3) is 0 Å². The summed E-state index contributed by atoms with van der Waals surface area (Å²) in [5.41, 5.74) is 6.94. The molecule has 0 saturated heterocycles. The lowest BCUT2D eigenvalue weighted by molar-refractivity contribution is 0.151. The van der Waals surface area contributed by atoms with E-state index in [0.29, 0.717) is 5.69 Å². The average molecular weight is 242 g/mol. The third kappa shape index (κ3) is 2.87. The third-order valence-electron chi connectivity index (χ3n) is 3.44. The zero-order chi connectivity index (χ0) is 13.2. The maximum atomic E-state index is 12.5. The molecule has 0 spiro atoms. The summed E-state index contributed by atoms with van der Waals surface area (Å²) in [5.74, 6) is 0. The van der Waals surface area contributed by atoms with Gasteiger partial charge >= 0.3 is 0 Å². The number of hydrogen-bond donors (Lipinski definition) is 1. The molecule has 1 rings (SSSR count). The van der Waals surface area contributed by atoms with Crippen LogP contribution in [0.4, 0.5) is 20.2 Å². The normalized spacial score (nSPS) is 11.9. The van der Waals surface area contributed by atoms with Gasteiger partial charge in [0.15, 0.2) is 0 Å². The van der Waals surface area contributed by atoms with E-state index in [1.165, 1.54) is 12.1 Å². The zero-order valence-electron chi connectivity index (χ0n) is 10.8. The molecule has 0 aliphatic rings. The summed E-state index contributed by atoms with van der Waals surface area (Å²) in [6.07, 6.45) is -1.53. The van der Waals surface area contributed by atoms with Crippen molar-refractivity contribution >= 4 is 11.4 Å². The van der Waals surface area contributed by atoms with Crippen LogP contribution in [-0.4, -0.2) is 12.6 Å². The van der Waals surface area contributed by atoms with Crippen molar-refractivity contribution in [3.05, 3.63) is 23.8 Å². The minimum absolute atomic E-state index is 0.0334. The molecule has 0 heterocycles. The van der Waals surface area contributed by atoms with Crippen LogP contribution in [0.15, 0.2) is 18.2 Å². The first kappa shape index (κ1) is 13.7. The van der Waals surface area contributed by atoms with E-state index in [1.54, 1.807) is 6.07 Å². The van der Waals surface area contributed by atoms with Crippen molar-refractivity contribution in [1.29, 1.82) is 0 Å². The van der Waals surface area contributed by atoms with Gasteiger partial charge in [0.1, 0.15) is 0 Å². The number of nitrogen functional groups attached to an aromatic ring is 1. The molecule has 0 amide bonds. The van der Waals surface area contributed by atoms with Crippen LogP contribution in [0.2, 0.25) is 0 Å². The van der Waals surface area contributed by atoms with E-state index in [4.69, 9.17) is 5.73 Å². The van der Waals surface area contributed by atoms with E-state index in [-0.39, 0.29) is 11.1 Å². The average Bonchev–Trinajstić information content (AvgIpc) is 2.27. The molecular weight excluding hydrogens is 222 g/mol. The van der Waals surface area contributed by atoms with Crippen LogP contribution in [0.3, 0.4) is 0 Å². The first-order valence-electron chi connectivity index (χ1n) is 5.71. The SMILES string of the molecule is CCC(C)(C)N(C)c1ccc(C(F)F)cc1N. The second kappa shape index (κ2) is 4.90. The van der Waals surface area contributed by atoms with E-state index >= 15 is 0 Å². The summed E-state index contributed by atoms with van der Waals surface area (Å²) in [6, 6.07) is 4.44. The molecule has 0 aliphatic heterocycles. The highest BCUT2D eigenvalue weighted by atomic mass is 19.3. The molecule has 0 atom stereocenters. The maximum absolute atomic E-state index is 12.5. The van der Waals surface area contributed by atoms with Gasteiger partial charge in [-0.3, -0.25) is 0 Å². The Morgan fingerprint density at radius 2 is 1.94 bits per heavy atom. The van der Waals surface area contributed by atoms with Gasteiger partial charge in [0.25, 0.3) is 6.43 Å². The van der Waals surface area contributed by atoms with Crippen molar-refractivity contribution in [1.82, 2.24) is 0 Å². The van der Waals surface area contributed by atoms with Crippen molar-refractivity contribution in [2.75, 3.05) is 17.7 Å². The predicted octanol–water partition coefficient (Wildman–Crippen LogP) is 3.83. The molecule has 0 bridgehead atoms. The molecule has 0 aliphatic carbocycles. The summed E-state index contributed by atoms with van der Waals surface area (Å²) in [7, 11) is 1.93. The lowest BCUT2D eigenvalue weighted by atomic mass is 9.98. The molecule has 0 unspecified atom stereocenters. The molecule has 17 heavy (non-hydrogen) atoms. The summed E-state index contributed by atoms with van der Waals surface area (Å²) in [5, 5.41) is 0. The lowest BCUT2D eigenvalue weighted by Gasteiger charge is -2.37. The molecule has 1 aromatic carbocycles. The first-order chi connectivity index (χ1) is 7.79. The van der Waals surface area contributed by atoms with Crippen LogP contribution in [0.1, 0.15) is 39.2 Å². The molecule has 4 heteroatoms. The fourth-order valence-corrected chi connectivity index (χ4v) is 1.58. The minimum Gasteiger partial charge on any atom is -0.397 e. The van der Waals surface area contributed by atoms with Gasteiger partial charge in [0.2, 0.25) is 0 Å². The molecule has 0 radical (unpaired) electrons. The Labute approximate surface area is 101 Å². The Balaban J connectivity index is 3.08. The number of nitrogens with two attached hydrogens (primary N) is 1. The van der Waals surface area contributed by atoms with Crippen LogP contribution in [-0.2, 0) is 0 Å². The molecule has 0 saturated carbocycles. The summed E-state index contributed by atoms with van der Waals surface area (Å²) in [6.45, 7) is 6.27. The Morgan fingerprint density at radius 3 is 2.35 bits per heavy atom. The Kier molecular flexibility index (Phi) is 3.96. The quantitative estimate of drug-likeness (QED) is 0.813. The maximum Gasteiger partial charge on any atom is 0.263 e. The Bertz CT molecular complexity index is 389. The molecule has 0 aromatic heterocycles. The number of anilines is 2. The fourth-order valence-electron chi connectivity index (χ4n) is 1.58. The van der Waals surface area contributed by atoms with E-state index in [1.807, 2.05) is 11.9 Å². The van der Waals surface area contributed by atoms with Crippen molar-refractivity contribution in [2.45, 2.75) is 39.2 Å². The first-order valence-corrected chi connectivity index (χ1v) is 5.71. The zero-order valence-corrected chi connectivity index (χ0v) is 10.8. The molecule has 2 nitrogen and oxygen atoms in total. The number of benzene rings is 1. The fraction of sp³-hybridized carbons (Fsp3) is 0.538. The molecular formula is C13H20F2N2. The Hall–Kier alpha value is -1.32. The topological polar surface area (TPSA) is 29.3 Å². The van der Waals surface area contributed by atoms with E-state index in [0.717, 1.165) is 12.1 Å². The second-order valence-corrected chi connectivity index (χ2v) is 4.84. The van der Waals surface area contributed by atoms with E-state index in [2.05, 4.69) is 20.8 Å². The van der Waals surface area contributed by atoms with Gasteiger partial charge in [0, 0.05) is 18.2 Å². The second-order valence-electron chi connectivity index (χ2n) is 4.84. The van der Waals surface area contributed by atoms with Gasteiger partial charge in [-0.05, 0) is 32.4 Å². The van der Waals surface area contributed by atoms with Crippen molar-refractivity contribution in [3.63, 3.8) is 0 Å². The van der Waals surface area contributed by atoms with Crippen LogP contribution < -0.4 is 10.6 Å². The third-order valence-corrected chi connectivity index (χ3v) is 3.44. The van der Waals surface area contributed by atoms with Crippen molar-refractivity contribution in [3.8, 4) is 0 Å². The summed E-state index contributed by atoms with van der Waals surface area (Å²) < 4.78 is 25.0. The number of halogens is 2. The van der Waals surface area contributed by atoms with Crippen LogP contribution >= 0.6 is 0 Å². The van der Waals surface area contributed by atoms with Crippen LogP contribution in [0, 0.1) is 0 Å². The smallest absolute Gasteiger partial charge is 0.263 e. The number of hydrogen-bond acceptors (Lipinski definition) is 2. The highest BCUT2D eigenvalue weighted by Crippen LogP contribution is 2.32. The lowest BCUT2D eigenvalue weighted by Crippen LogP contribution is -2.40. The van der Waals surface area contributed by atoms with Gasteiger partial charge in [-0.15, -0.1) is 0 Å². The van der Waals surface area contributed by atoms with Crippen molar-refractivity contribution in [2.24, 2.45) is 0 Å². The highest BCUT2D eigenvalue weighted by molar-refractivity contribution is 5.69. The summed E-state index contributed by atoms with van der Waals surface area (Å²) in [4.78, 5) is 2.03. The van der Waals surface area contributed by atoms with Gasteiger partial charge in [0.05, 0.1) is 11.4 Å². The van der Waals surface area contributed by atoms with Crippen LogP contribution in [0.5, 0.6) is 0 Å². The van der Waals surface area contributed by atoms with Gasteiger partial charge < -0.3 is 10.6 Å². The Morgan fingerprint density at radius 1 is 1.35 bits per heavy atom. The minimum atomic E-state index is -2.48. The molecule has 2 N–H and O–H groups in total. The number of alkyl halides is 2. The molecule has 0 fully saturated rings. The van der Waals surface area contributed by atoms with Gasteiger partial charge in [-0.25, -0.2) is 8.78 Å². The number of nitrogens with zero attached hydrogens (tertiary/aromatic N) is 1. The van der Waals surface area contributed by atoms with E-state index in [9.17, 15) is 8.78 Å². The largest absolute Gasteiger partial charge is 0.397 e. The standard InChI is InChI=1S/C13H20F2N2/c1-5-13(2,3)17(4)11-7-6-9(12(14)15)8-10(11)16/h6-8,12H,5,16H2,1-4H3. The van der Waals surface area contributed by atoms with Gasteiger partial charge in [-0.1, -0.05) is 13.0 Å².